The molecular weight excluding hydrogens is 392 g/mol. The molecule has 0 radical (unpaired) electrons. The molecule has 2 heterocycles. The smallest absolute Gasteiger partial charge is 0.312 e. The number of nitrogens with one attached hydrogen (secondary N) is 1. The standard InChI is InChI=1S/C21H22N2O5S/c1-21(2,3)20(26)22-11-13-8-9-18(29-13)16(24)12-27-19(25)10-15-14-6-4-5-7-17(14)28-23-15/h4-9H,10-12H2,1-3H3,(H,22,26). The van der Waals surface area contributed by atoms with E-state index in [1.165, 1.54) is 11.3 Å². The van der Waals surface area contributed by atoms with E-state index < -0.39 is 11.4 Å². The van der Waals surface area contributed by atoms with Crippen LogP contribution in [0.15, 0.2) is 40.9 Å². The van der Waals surface area contributed by atoms with E-state index in [0.717, 1.165) is 10.3 Å². The van der Waals surface area contributed by atoms with E-state index in [1.54, 1.807) is 18.2 Å². The highest BCUT2D eigenvalue weighted by Crippen LogP contribution is 2.20. The van der Waals surface area contributed by atoms with Gasteiger partial charge in [-0.15, -0.1) is 11.3 Å². The minimum atomic E-state index is -0.549. The van der Waals surface area contributed by atoms with E-state index in [2.05, 4.69) is 10.5 Å². The summed E-state index contributed by atoms with van der Waals surface area (Å²) in [5, 5.41) is 7.47. The van der Waals surface area contributed by atoms with Gasteiger partial charge in [-0.2, -0.15) is 0 Å². The maximum absolute atomic E-state index is 12.3. The van der Waals surface area contributed by atoms with Gasteiger partial charge in [-0.3, -0.25) is 14.4 Å². The number of Topliss-reactive ketones (excluding diaryl/α,β-unsaturated/α-hetero) is 1. The van der Waals surface area contributed by atoms with Crippen molar-refractivity contribution in [3.05, 3.63) is 51.8 Å². The quantitative estimate of drug-likeness (QED) is 0.469. The Bertz CT molecular complexity index is 1040. The first kappa shape index (κ1) is 20.7. The summed E-state index contributed by atoms with van der Waals surface area (Å²) in [5.74, 6) is -0.901. The number of carbonyl (C=O) groups is 3. The highest BCUT2D eigenvalue weighted by molar-refractivity contribution is 7.14. The van der Waals surface area contributed by atoms with Crippen molar-refractivity contribution in [3.8, 4) is 0 Å². The fourth-order valence-corrected chi connectivity index (χ4v) is 3.40. The Morgan fingerprint density at radius 1 is 1.14 bits per heavy atom. The number of fused-ring (bicyclic) bond motifs is 1. The predicted octanol–water partition coefficient (Wildman–Crippen LogP) is 3.52. The Hall–Kier alpha value is -3.00. The third-order valence-corrected chi connectivity index (χ3v) is 5.30. The van der Waals surface area contributed by atoms with Crippen LogP contribution in [0.1, 0.15) is 41.0 Å². The van der Waals surface area contributed by atoms with Gasteiger partial charge < -0.3 is 14.6 Å². The average Bonchev–Trinajstić information content (AvgIpc) is 3.31. The van der Waals surface area contributed by atoms with E-state index in [0.29, 0.717) is 22.7 Å². The number of esters is 1. The number of carbonyl (C=O) groups excluding carboxylic acids is 3. The lowest BCUT2D eigenvalue weighted by Gasteiger charge is -2.17. The SMILES string of the molecule is CC(C)(C)C(=O)NCc1ccc(C(=O)COC(=O)Cc2noc3ccccc23)s1. The molecule has 1 N–H and O–H groups in total. The lowest BCUT2D eigenvalue weighted by atomic mass is 9.96. The van der Waals surface area contributed by atoms with Gasteiger partial charge in [0.05, 0.1) is 17.8 Å². The van der Waals surface area contributed by atoms with Gasteiger partial charge in [0.2, 0.25) is 11.7 Å². The van der Waals surface area contributed by atoms with Gasteiger partial charge in [0.15, 0.2) is 12.2 Å². The topological polar surface area (TPSA) is 98.5 Å². The van der Waals surface area contributed by atoms with Gasteiger partial charge in [-0.1, -0.05) is 38.1 Å². The number of nitrogens with zero attached hydrogens (tertiary/aromatic N) is 1. The van der Waals surface area contributed by atoms with E-state index in [9.17, 15) is 14.4 Å². The predicted molar refractivity (Wildman–Crippen MR) is 109 cm³/mol. The molecular formula is C21H22N2O5S. The van der Waals surface area contributed by atoms with Crippen LogP contribution in [0.2, 0.25) is 0 Å². The summed E-state index contributed by atoms with van der Waals surface area (Å²) in [7, 11) is 0. The molecule has 3 rings (SSSR count). The molecule has 0 aliphatic rings. The van der Waals surface area contributed by atoms with Crippen molar-refractivity contribution in [2.24, 2.45) is 5.41 Å². The second-order valence-electron chi connectivity index (χ2n) is 7.58. The molecule has 152 valence electrons. The van der Waals surface area contributed by atoms with Gasteiger partial charge in [0, 0.05) is 15.7 Å². The number of rotatable bonds is 7. The zero-order valence-electron chi connectivity index (χ0n) is 16.5. The van der Waals surface area contributed by atoms with Crippen LogP contribution in [0.5, 0.6) is 0 Å². The highest BCUT2D eigenvalue weighted by Gasteiger charge is 2.21. The van der Waals surface area contributed by atoms with Crippen LogP contribution in [0, 0.1) is 5.41 Å². The maximum atomic E-state index is 12.3. The van der Waals surface area contributed by atoms with Crippen molar-refractivity contribution < 1.29 is 23.6 Å². The number of thiophene rings is 1. The van der Waals surface area contributed by atoms with Crippen molar-refractivity contribution in [2.45, 2.75) is 33.7 Å². The van der Waals surface area contributed by atoms with Gasteiger partial charge in [-0.05, 0) is 24.3 Å². The summed E-state index contributed by atoms with van der Waals surface area (Å²) in [4.78, 5) is 37.6. The molecule has 0 aliphatic heterocycles. The molecule has 0 aliphatic carbocycles. The number of benzene rings is 1. The lowest BCUT2D eigenvalue weighted by Crippen LogP contribution is -2.34. The molecule has 2 aromatic heterocycles. The monoisotopic (exact) mass is 414 g/mol. The Morgan fingerprint density at radius 2 is 1.90 bits per heavy atom. The second-order valence-corrected chi connectivity index (χ2v) is 8.75. The average molecular weight is 414 g/mol. The molecule has 0 spiro atoms. The summed E-state index contributed by atoms with van der Waals surface area (Å²) < 4.78 is 10.3. The van der Waals surface area contributed by atoms with Crippen LogP contribution in [-0.2, 0) is 27.3 Å². The van der Waals surface area contributed by atoms with Crippen molar-refractivity contribution in [1.82, 2.24) is 10.5 Å². The molecule has 29 heavy (non-hydrogen) atoms. The van der Waals surface area contributed by atoms with Crippen LogP contribution in [0.3, 0.4) is 0 Å². The fourth-order valence-electron chi connectivity index (χ4n) is 2.53. The van der Waals surface area contributed by atoms with E-state index >= 15 is 0 Å². The zero-order chi connectivity index (χ0) is 21.0. The molecule has 0 saturated carbocycles. The molecule has 0 saturated heterocycles. The molecule has 0 fully saturated rings. The number of hydrogen-bond donors (Lipinski definition) is 1. The number of ether oxygens (including phenoxy) is 1. The minimum Gasteiger partial charge on any atom is -0.457 e. The molecule has 3 aromatic rings. The molecule has 1 amide bonds. The van der Waals surface area contributed by atoms with Gasteiger partial charge >= 0.3 is 5.97 Å². The Labute approximate surface area is 172 Å². The molecule has 1 aromatic carbocycles. The zero-order valence-corrected chi connectivity index (χ0v) is 17.3. The van der Waals surface area contributed by atoms with Gasteiger partial charge in [-0.25, -0.2) is 0 Å². The van der Waals surface area contributed by atoms with Gasteiger partial charge in [0.1, 0.15) is 5.69 Å². The van der Waals surface area contributed by atoms with Gasteiger partial charge in [0.25, 0.3) is 0 Å². The number of ketones is 1. The van der Waals surface area contributed by atoms with Crippen molar-refractivity contribution in [1.29, 1.82) is 0 Å². The van der Waals surface area contributed by atoms with E-state index in [-0.39, 0.29) is 24.7 Å². The summed E-state index contributed by atoms with van der Waals surface area (Å²) >= 11 is 1.27. The van der Waals surface area contributed by atoms with Crippen LogP contribution in [-0.4, -0.2) is 29.4 Å². The Balaban J connectivity index is 1.50. The number of amides is 1. The third-order valence-electron chi connectivity index (χ3n) is 4.17. The van der Waals surface area contributed by atoms with Crippen LogP contribution < -0.4 is 5.32 Å². The second kappa shape index (κ2) is 8.57. The van der Waals surface area contributed by atoms with Crippen molar-refractivity contribution >= 4 is 40.0 Å². The molecule has 0 bridgehead atoms. The summed E-state index contributed by atoms with van der Waals surface area (Å²) in [6.45, 7) is 5.52. The first-order chi connectivity index (χ1) is 13.7. The molecule has 0 unspecified atom stereocenters. The number of aromatic nitrogens is 1. The maximum Gasteiger partial charge on any atom is 0.312 e. The minimum absolute atomic E-state index is 0.0620. The van der Waals surface area contributed by atoms with Crippen LogP contribution in [0.4, 0.5) is 0 Å². The van der Waals surface area contributed by atoms with Crippen LogP contribution in [0.25, 0.3) is 11.0 Å². The summed E-state index contributed by atoms with van der Waals surface area (Å²) in [5.41, 5.74) is 0.598. The number of hydrogen-bond acceptors (Lipinski definition) is 7. The van der Waals surface area contributed by atoms with Crippen LogP contribution >= 0.6 is 11.3 Å². The fraction of sp³-hybridized carbons (Fsp3) is 0.333. The van der Waals surface area contributed by atoms with Crippen molar-refractivity contribution in [3.63, 3.8) is 0 Å². The molecule has 8 heteroatoms. The molecule has 0 atom stereocenters. The largest absolute Gasteiger partial charge is 0.457 e. The first-order valence-electron chi connectivity index (χ1n) is 9.13. The summed E-state index contributed by atoms with van der Waals surface area (Å²) in [6.07, 6.45) is -0.0706. The summed E-state index contributed by atoms with van der Waals surface area (Å²) in [6, 6.07) is 10.7. The lowest BCUT2D eigenvalue weighted by molar-refractivity contribution is -0.141. The number of para-hydroxylation sites is 1. The Morgan fingerprint density at radius 3 is 2.66 bits per heavy atom. The normalized spacial score (nSPS) is 11.4. The Kier molecular flexibility index (Phi) is 6.12. The first-order valence-corrected chi connectivity index (χ1v) is 9.95. The highest BCUT2D eigenvalue weighted by atomic mass is 32.1. The van der Waals surface area contributed by atoms with E-state index in [1.807, 2.05) is 39.0 Å². The van der Waals surface area contributed by atoms with E-state index in [4.69, 9.17) is 9.26 Å². The third kappa shape index (κ3) is 5.29. The van der Waals surface area contributed by atoms with Crippen molar-refractivity contribution in [2.75, 3.05) is 6.61 Å². The molecule has 7 nitrogen and oxygen atoms in total.